The fourth-order valence-corrected chi connectivity index (χ4v) is 3.85. The molecular weight excluding hydrogens is 424 g/mol. The molecule has 0 saturated heterocycles. The maximum Gasteiger partial charge on any atom is 0.262 e. The number of hydrogen-bond acceptors (Lipinski definition) is 4. The second kappa shape index (κ2) is 9.65. The van der Waals surface area contributed by atoms with Gasteiger partial charge in [0.15, 0.2) is 6.61 Å². The predicted molar refractivity (Wildman–Crippen MR) is 119 cm³/mol. The maximum atomic E-state index is 12.3. The first kappa shape index (κ1) is 21.7. The summed E-state index contributed by atoms with van der Waals surface area (Å²) < 4.78 is 31.3. The summed E-state index contributed by atoms with van der Waals surface area (Å²) in [6.07, 6.45) is 1.17. The third-order valence-electron chi connectivity index (χ3n) is 4.17. The molecular formula is C22H21ClN2O4S. The van der Waals surface area contributed by atoms with Gasteiger partial charge in [-0.1, -0.05) is 48.0 Å². The molecule has 0 fully saturated rings. The Morgan fingerprint density at radius 1 is 1.00 bits per heavy atom. The van der Waals surface area contributed by atoms with Crippen molar-refractivity contribution in [2.24, 2.45) is 0 Å². The van der Waals surface area contributed by atoms with E-state index >= 15 is 0 Å². The van der Waals surface area contributed by atoms with Crippen LogP contribution in [0, 0.1) is 0 Å². The van der Waals surface area contributed by atoms with E-state index in [1.807, 2.05) is 30.3 Å². The van der Waals surface area contributed by atoms with Gasteiger partial charge in [0.25, 0.3) is 5.91 Å². The van der Waals surface area contributed by atoms with Gasteiger partial charge in [0, 0.05) is 10.7 Å². The van der Waals surface area contributed by atoms with Crippen molar-refractivity contribution < 1.29 is 17.9 Å². The third-order valence-corrected chi connectivity index (χ3v) is 5.55. The van der Waals surface area contributed by atoms with Crippen LogP contribution in [0.15, 0.2) is 78.9 Å². The lowest BCUT2D eigenvalue weighted by Gasteiger charge is -2.22. The Hall–Kier alpha value is -3.03. The molecule has 0 radical (unpaired) electrons. The van der Waals surface area contributed by atoms with Gasteiger partial charge in [0.1, 0.15) is 5.75 Å². The number of carbonyl (C=O) groups excluding carboxylic acids is 1. The van der Waals surface area contributed by atoms with Crippen LogP contribution in [0.3, 0.4) is 0 Å². The molecule has 1 N–H and O–H groups in total. The van der Waals surface area contributed by atoms with Crippen LogP contribution in [0.2, 0.25) is 5.02 Å². The molecule has 156 valence electrons. The molecule has 0 unspecified atom stereocenters. The van der Waals surface area contributed by atoms with Crippen molar-refractivity contribution in [1.29, 1.82) is 0 Å². The summed E-state index contributed by atoms with van der Waals surface area (Å²) in [7, 11) is -3.48. The van der Waals surface area contributed by atoms with E-state index in [2.05, 4.69) is 5.32 Å². The molecule has 30 heavy (non-hydrogen) atoms. The number of hydrogen-bond donors (Lipinski definition) is 1. The molecule has 0 aliphatic rings. The zero-order chi connectivity index (χ0) is 21.6. The minimum Gasteiger partial charge on any atom is -0.484 e. The lowest BCUT2D eigenvalue weighted by molar-refractivity contribution is -0.118. The third kappa shape index (κ3) is 6.23. The first-order chi connectivity index (χ1) is 14.3. The summed E-state index contributed by atoms with van der Waals surface area (Å²) in [6.45, 7) is 0.0353. The van der Waals surface area contributed by atoms with Gasteiger partial charge in [0.2, 0.25) is 10.0 Å². The van der Waals surface area contributed by atoms with Crippen LogP contribution in [0.4, 0.5) is 11.4 Å². The molecule has 3 rings (SSSR count). The van der Waals surface area contributed by atoms with Crippen molar-refractivity contribution in [3.8, 4) is 5.75 Å². The molecule has 0 aliphatic carbocycles. The second-order valence-electron chi connectivity index (χ2n) is 6.60. The quantitative estimate of drug-likeness (QED) is 0.561. The summed E-state index contributed by atoms with van der Waals surface area (Å²) in [5.74, 6) is 0.122. The Kier molecular flexibility index (Phi) is 6.97. The highest BCUT2D eigenvalue weighted by atomic mass is 35.5. The Labute approximate surface area is 181 Å². The molecule has 0 saturated carbocycles. The highest BCUT2D eigenvalue weighted by Crippen LogP contribution is 2.24. The molecule has 8 heteroatoms. The van der Waals surface area contributed by atoms with E-state index in [-0.39, 0.29) is 19.1 Å². The molecule has 0 aromatic heterocycles. The molecule has 6 nitrogen and oxygen atoms in total. The highest BCUT2D eigenvalue weighted by Gasteiger charge is 2.18. The van der Waals surface area contributed by atoms with E-state index in [0.29, 0.717) is 22.1 Å². The maximum absolute atomic E-state index is 12.3. The van der Waals surface area contributed by atoms with Gasteiger partial charge in [-0.05, 0) is 48.0 Å². The molecule has 0 aliphatic heterocycles. The zero-order valence-electron chi connectivity index (χ0n) is 16.3. The fourth-order valence-electron chi connectivity index (χ4n) is 2.77. The molecule has 0 bridgehead atoms. The number of nitrogens with one attached hydrogen (secondary N) is 1. The number of halogens is 1. The number of amides is 1. The molecule has 1 amide bonds. The first-order valence-electron chi connectivity index (χ1n) is 9.11. The Morgan fingerprint density at radius 2 is 1.70 bits per heavy atom. The average molecular weight is 445 g/mol. The van der Waals surface area contributed by atoms with Crippen molar-refractivity contribution >= 4 is 38.9 Å². The van der Waals surface area contributed by atoms with E-state index < -0.39 is 10.0 Å². The monoisotopic (exact) mass is 444 g/mol. The van der Waals surface area contributed by atoms with Gasteiger partial charge in [-0.2, -0.15) is 0 Å². The lowest BCUT2D eigenvalue weighted by atomic mass is 10.2. The normalized spacial score (nSPS) is 11.0. The van der Waals surface area contributed by atoms with E-state index in [1.54, 1.807) is 48.5 Å². The molecule has 3 aromatic rings. The van der Waals surface area contributed by atoms with Crippen molar-refractivity contribution in [3.63, 3.8) is 0 Å². The van der Waals surface area contributed by atoms with Gasteiger partial charge in [0.05, 0.1) is 18.5 Å². The minimum absolute atomic E-state index is 0.189. The molecule has 0 atom stereocenters. The zero-order valence-corrected chi connectivity index (χ0v) is 17.9. The molecule has 3 aromatic carbocycles. The van der Waals surface area contributed by atoms with Crippen molar-refractivity contribution in [2.45, 2.75) is 6.54 Å². The number of anilines is 2. The predicted octanol–water partition coefficient (Wildman–Crippen LogP) is 4.32. The largest absolute Gasteiger partial charge is 0.484 e. The lowest BCUT2D eigenvalue weighted by Crippen LogP contribution is -2.29. The number of sulfonamides is 1. The van der Waals surface area contributed by atoms with Crippen molar-refractivity contribution in [2.75, 3.05) is 22.5 Å². The van der Waals surface area contributed by atoms with Gasteiger partial charge < -0.3 is 10.1 Å². The number of carbonyl (C=O) groups is 1. The number of nitrogens with zero attached hydrogens (tertiary/aromatic N) is 1. The number of ether oxygens (including phenoxy) is 1. The Bertz CT molecular complexity index is 1100. The highest BCUT2D eigenvalue weighted by molar-refractivity contribution is 7.92. The summed E-state index contributed by atoms with van der Waals surface area (Å²) in [6, 6.07) is 22.7. The smallest absolute Gasteiger partial charge is 0.262 e. The molecule has 0 heterocycles. The van der Waals surface area contributed by atoms with Crippen molar-refractivity contribution in [1.82, 2.24) is 0 Å². The SMILES string of the molecule is CS(=O)(=O)N(Cc1ccccc1)c1ccc(OCC(=O)Nc2cccc(Cl)c2)cc1. The van der Waals surface area contributed by atoms with E-state index in [1.165, 1.54) is 10.6 Å². The van der Waals surface area contributed by atoms with Crippen molar-refractivity contribution in [3.05, 3.63) is 89.4 Å². The second-order valence-corrected chi connectivity index (χ2v) is 8.94. The van der Waals surface area contributed by atoms with Crippen LogP contribution < -0.4 is 14.4 Å². The summed E-state index contributed by atoms with van der Waals surface area (Å²) in [5.41, 5.74) is 1.97. The fraction of sp³-hybridized carbons (Fsp3) is 0.136. The van der Waals surface area contributed by atoms with E-state index in [9.17, 15) is 13.2 Å². The minimum atomic E-state index is -3.48. The van der Waals surface area contributed by atoms with Crippen LogP contribution in [0.1, 0.15) is 5.56 Å². The number of benzene rings is 3. The van der Waals surface area contributed by atoms with Crippen LogP contribution in [0.5, 0.6) is 5.75 Å². The summed E-state index contributed by atoms with van der Waals surface area (Å²) in [5, 5.41) is 3.22. The summed E-state index contributed by atoms with van der Waals surface area (Å²) in [4.78, 5) is 12.0. The van der Waals surface area contributed by atoms with Gasteiger partial charge in [-0.15, -0.1) is 0 Å². The standard InChI is InChI=1S/C22H21ClN2O4S/c1-30(27,28)25(15-17-6-3-2-4-7-17)20-10-12-21(13-11-20)29-16-22(26)24-19-9-5-8-18(23)14-19/h2-14H,15-16H2,1H3,(H,24,26). The van der Waals surface area contributed by atoms with Gasteiger partial charge in [-0.3, -0.25) is 9.10 Å². The van der Waals surface area contributed by atoms with Crippen LogP contribution >= 0.6 is 11.6 Å². The van der Waals surface area contributed by atoms with E-state index in [0.717, 1.165) is 5.56 Å². The molecule has 0 spiro atoms. The van der Waals surface area contributed by atoms with E-state index in [4.69, 9.17) is 16.3 Å². The Morgan fingerprint density at radius 3 is 2.33 bits per heavy atom. The first-order valence-corrected chi connectivity index (χ1v) is 11.3. The summed E-state index contributed by atoms with van der Waals surface area (Å²) >= 11 is 5.90. The van der Waals surface area contributed by atoms with Crippen LogP contribution in [0.25, 0.3) is 0 Å². The van der Waals surface area contributed by atoms with Crippen LogP contribution in [-0.2, 0) is 21.4 Å². The average Bonchev–Trinajstić information content (AvgIpc) is 2.71. The van der Waals surface area contributed by atoms with Gasteiger partial charge in [-0.25, -0.2) is 8.42 Å². The Balaban J connectivity index is 1.63. The number of rotatable bonds is 8. The topological polar surface area (TPSA) is 75.7 Å². The van der Waals surface area contributed by atoms with Crippen LogP contribution in [-0.4, -0.2) is 27.2 Å². The van der Waals surface area contributed by atoms with Gasteiger partial charge >= 0.3 is 0 Å².